The molecule has 0 fully saturated rings. The first-order chi connectivity index (χ1) is 10.2. The Morgan fingerprint density at radius 2 is 1.71 bits per heavy atom. The van der Waals surface area contributed by atoms with Gasteiger partial charge in [-0.15, -0.1) is 0 Å². The van der Waals surface area contributed by atoms with Gasteiger partial charge < -0.3 is 14.2 Å². The first kappa shape index (κ1) is 15.0. The molecular weight excluding hydrogens is 290 g/mol. The van der Waals surface area contributed by atoms with Gasteiger partial charge in [0.2, 0.25) is 0 Å². The van der Waals surface area contributed by atoms with Crippen LogP contribution < -0.4 is 14.2 Å². The highest BCUT2D eigenvalue weighted by Crippen LogP contribution is 2.28. The van der Waals surface area contributed by atoms with Crippen LogP contribution >= 0.6 is 11.6 Å². The van der Waals surface area contributed by atoms with Gasteiger partial charge in [-0.05, 0) is 24.3 Å². The predicted octanol–water partition coefficient (Wildman–Crippen LogP) is 3.68. The van der Waals surface area contributed by atoms with Crippen LogP contribution in [-0.2, 0) is 0 Å². The summed E-state index contributed by atoms with van der Waals surface area (Å²) >= 11 is 5.98. The molecule has 2 aromatic rings. The van der Waals surface area contributed by atoms with Crippen LogP contribution in [-0.4, -0.2) is 20.3 Å². The molecule has 0 saturated heterocycles. The van der Waals surface area contributed by atoms with E-state index in [1.807, 2.05) is 18.2 Å². The van der Waals surface area contributed by atoms with Crippen molar-refractivity contribution in [3.63, 3.8) is 0 Å². The van der Waals surface area contributed by atoms with Crippen molar-refractivity contribution in [2.24, 2.45) is 0 Å². The van der Waals surface area contributed by atoms with Crippen molar-refractivity contribution in [3.8, 4) is 23.3 Å². The number of hydrogen-bond donors (Lipinski definition) is 0. The second-order valence-corrected chi connectivity index (χ2v) is 4.51. The summed E-state index contributed by atoms with van der Waals surface area (Å²) in [5, 5.41) is 9.40. The van der Waals surface area contributed by atoms with Crippen LogP contribution in [0.15, 0.2) is 42.5 Å². The number of nitriles is 1. The quantitative estimate of drug-likeness (QED) is 0.764. The highest BCUT2D eigenvalue weighted by molar-refractivity contribution is 6.32. The molecule has 0 aromatic heterocycles. The summed E-state index contributed by atoms with van der Waals surface area (Å²) in [6.45, 7) is 0.695. The Labute approximate surface area is 128 Å². The minimum absolute atomic E-state index is 0.341. The monoisotopic (exact) mass is 303 g/mol. The zero-order valence-corrected chi connectivity index (χ0v) is 12.3. The van der Waals surface area contributed by atoms with Crippen LogP contribution in [0, 0.1) is 11.3 Å². The highest BCUT2D eigenvalue weighted by Gasteiger charge is 2.06. The molecule has 0 bridgehead atoms. The fourth-order valence-corrected chi connectivity index (χ4v) is 1.91. The van der Waals surface area contributed by atoms with Crippen molar-refractivity contribution in [2.75, 3.05) is 20.3 Å². The van der Waals surface area contributed by atoms with Crippen LogP contribution in [0.25, 0.3) is 0 Å². The summed E-state index contributed by atoms with van der Waals surface area (Å²) in [5.74, 6) is 1.71. The van der Waals surface area contributed by atoms with E-state index in [2.05, 4.69) is 0 Å². The zero-order chi connectivity index (χ0) is 15.1. The Morgan fingerprint density at radius 1 is 1.00 bits per heavy atom. The molecule has 2 rings (SSSR count). The topological polar surface area (TPSA) is 51.5 Å². The number of benzene rings is 2. The van der Waals surface area contributed by atoms with Crippen LogP contribution in [0.4, 0.5) is 0 Å². The average molecular weight is 304 g/mol. The van der Waals surface area contributed by atoms with Crippen LogP contribution in [0.5, 0.6) is 17.2 Å². The van der Waals surface area contributed by atoms with E-state index < -0.39 is 0 Å². The Kier molecular flexibility index (Phi) is 5.30. The maximum absolute atomic E-state index is 8.84. The SMILES string of the molecule is COc1cc(C#N)ccc1OCCOc1ccccc1Cl. The second kappa shape index (κ2) is 7.41. The van der Waals surface area contributed by atoms with Gasteiger partial charge in [0.15, 0.2) is 11.5 Å². The number of rotatable bonds is 6. The Balaban J connectivity index is 1.89. The van der Waals surface area contributed by atoms with Gasteiger partial charge in [-0.25, -0.2) is 0 Å². The van der Waals surface area contributed by atoms with Gasteiger partial charge in [-0.3, -0.25) is 0 Å². The van der Waals surface area contributed by atoms with Crippen molar-refractivity contribution < 1.29 is 14.2 Å². The smallest absolute Gasteiger partial charge is 0.162 e. The van der Waals surface area contributed by atoms with E-state index in [4.69, 9.17) is 31.1 Å². The number of nitrogens with zero attached hydrogens (tertiary/aromatic N) is 1. The van der Waals surface area contributed by atoms with Crippen LogP contribution in [0.3, 0.4) is 0 Å². The molecule has 108 valence electrons. The van der Waals surface area contributed by atoms with E-state index >= 15 is 0 Å². The summed E-state index contributed by atoms with van der Waals surface area (Å²) in [6.07, 6.45) is 0. The minimum atomic E-state index is 0.341. The van der Waals surface area contributed by atoms with Gasteiger partial charge in [-0.2, -0.15) is 5.26 Å². The molecule has 0 amide bonds. The minimum Gasteiger partial charge on any atom is -0.493 e. The number of hydrogen-bond acceptors (Lipinski definition) is 4. The molecule has 21 heavy (non-hydrogen) atoms. The number of halogens is 1. The normalized spacial score (nSPS) is 9.76. The molecular formula is C16H14ClNO3. The largest absolute Gasteiger partial charge is 0.493 e. The first-order valence-corrected chi connectivity index (χ1v) is 6.70. The van der Waals surface area contributed by atoms with Crippen molar-refractivity contribution in [2.45, 2.75) is 0 Å². The molecule has 0 saturated carbocycles. The van der Waals surface area contributed by atoms with E-state index in [0.29, 0.717) is 41.0 Å². The van der Waals surface area contributed by atoms with Gasteiger partial charge in [0, 0.05) is 6.07 Å². The molecule has 0 aliphatic heterocycles. The molecule has 0 aliphatic rings. The van der Waals surface area contributed by atoms with Crippen molar-refractivity contribution >= 4 is 11.6 Å². The van der Waals surface area contributed by atoms with Crippen molar-refractivity contribution in [3.05, 3.63) is 53.1 Å². The Hall–Kier alpha value is -2.38. The molecule has 0 heterocycles. The highest BCUT2D eigenvalue weighted by atomic mass is 35.5. The summed E-state index contributed by atoms with van der Waals surface area (Å²) < 4.78 is 16.3. The summed E-state index contributed by atoms with van der Waals surface area (Å²) in [6, 6.07) is 14.3. The molecule has 0 N–H and O–H groups in total. The van der Waals surface area contributed by atoms with Gasteiger partial charge >= 0.3 is 0 Å². The average Bonchev–Trinajstić information content (AvgIpc) is 2.53. The third kappa shape index (κ3) is 4.04. The molecule has 0 atom stereocenters. The van der Waals surface area contributed by atoms with E-state index in [9.17, 15) is 0 Å². The second-order valence-electron chi connectivity index (χ2n) is 4.10. The molecule has 4 nitrogen and oxygen atoms in total. The summed E-state index contributed by atoms with van der Waals surface area (Å²) in [5.41, 5.74) is 0.520. The standard InChI is InChI=1S/C16H14ClNO3/c1-19-16-10-12(11-18)6-7-15(16)21-9-8-20-14-5-3-2-4-13(14)17/h2-7,10H,8-9H2,1H3. The number of para-hydroxylation sites is 1. The molecule has 2 aromatic carbocycles. The number of ether oxygens (including phenoxy) is 3. The third-order valence-electron chi connectivity index (χ3n) is 2.73. The third-order valence-corrected chi connectivity index (χ3v) is 3.04. The lowest BCUT2D eigenvalue weighted by Gasteiger charge is -2.12. The predicted molar refractivity (Wildman–Crippen MR) is 80.2 cm³/mol. The lowest BCUT2D eigenvalue weighted by Crippen LogP contribution is -2.09. The van der Waals surface area contributed by atoms with E-state index in [-0.39, 0.29) is 0 Å². The van der Waals surface area contributed by atoms with Gasteiger partial charge in [0.05, 0.1) is 23.8 Å². The van der Waals surface area contributed by atoms with Gasteiger partial charge in [-0.1, -0.05) is 23.7 Å². The fraction of sp³-hybridized carbons (Fsp3) is 0.188. The summed E-state index contributed by atoms with van der Waals surface area (Å²) in [4.78, 5) is 0. The Morgan fingerprint density at radius 3 is 2.38 bits per heavy atom. The first-order valence-electron chi connectivity index (χ1n) is 6.33. The lowest BCUT2D eigenvalue weighted by molar-refractivity contribution is 0.211. The van der Waals surface area contributed by atoms with Crippen molar-refractivity contribution in [1.82, 2.24) is 0 Å². The maximum atomic E-state index is 8.84. The number of methoxy groups -OCH3 is 1. The summed E-state index contributed by atoms with van der Waals surface area (Å²) in [7, 11) is 1.53. The fourth-order valence-electron chi connectivity index (χ4n) is 1.72. The maximum Gasteiger partial charge on any atom is 0.162 e. The van der Waals surface area contributed by atoms with E-state index in [0.717, 1.165) is 0 Å². The van der Waals surface area contributed by atoms with Gasteiger partial charge in [0.25, 0.3) is 0 Å². The van der Waals surface area contributed by atoms with E-state index in [1.54, 1.807) is 30.3 Å². The van der Waals surface area contributed by atoms with Crippen molar-refractivity contribution in [1.29, 1.82) is 5.26 Å². The van der Waals surface area contributed by atoms with Gasteiger partial charge in [0.1, 0.15) is 19.0 Å². The molecule has 0 radical (unpaired) electrons. The Bertz CT molecular complexity index is 652. The van der Waals surface area contributed by atoms with Crippen LogP contribution in [0.1, 0.15) is 5.56 Å². The molecule has 0 spiro atoms. The van der Waals surface area contributed by atoms with Crippen LogP contribution in [0.2, 0.25) is 5.02 Å². The molecule has 0 aliphatic carbocycles. The lowest BCUT2D eigenvalue weighted by atomic mass is 10.2. The molecule has 5 heteroatoms. The van der Waals surface area contributed by atoms with E-state index in [1.165, 1.54) is 7.11 Å². The molecule has 0 unspecified atom stereocenters. The zero-order valence-electron chi connectivity index (χ0n) is 11.5.